The summed E-state index contributed by atoms with van der Waals surface area (Å²) in [7, 11) is 0. The zero-order chi connectivity index (χ0) is 16.4. The number of hydrogen-bond acceptors (Lipinski definition) is 4. The fourth-order valence-corrected chi connectivity index (χ4v) is 4.08. The highest BCUT2D eigenvalue weighted by atomic mass is 15.3. The van der Waals surface area contributed by atoms with E-state index in [0.717, 1.165) is 44.2 Å². The van der Waals surface area contributed by atoms with Gasteiger partial charge in [0.15, 0.2) is 0 Å². The molecule has 5 heteroatoms. The normalized spacial score (nSPS) is 20.2. The van der Waals surface area contributed by atoms with Crippen LogP contribution in [-0.2, 0) is 25.8 Å². The molecule has 128 valence electrons. The first-order valence-electron chi connectivity index (χ1n) is 9.25. The van der Waals surface area contributed by atoms with Gasteiger partial charge in [0.05, 0.1) is 6.54 Å². The molecule has 0 unspecified atom stereocenters. The van der Waals surface area contributed by atoms with Crippen LogP contribution in [0.5, 0.6) is 0 Å². The van der Waals surface area contributed by atoms with Crippen molar-refractivity contribution in [3.8, 4) is 0 Å². The van der Waals surface area contributed by atoms with E-state index < -0.39 is 0 Å². The van der Waals surface area contributed by atoms with Gasteiger partial charge in [-0.1, -0.05) is 31.2 Å². The first-order valence-corrected chi connectivity index (χ1v) is 9.25. The van der Waals surface area contributed by atoms with Gasteiger partial charge in [0, 0.05) is 25.6 Å². The lowest BCUT2D eigenvalue weighted by Crippen LogP contribution is -2.38. The van der Waals surface area contributed by atoms with Crippen molar-refractivity contribution in [2.45, 2.75) is 45.2 Å². The first-order chi connectivity index (χ1) is 11.8. The van der Waals surface area contributed by atoms with Gasteiger partial charge in [0.1, 0.15) is 11.6 Å². The molecular formula is C19H27N5. The summed E-state index contributed by atoms with van der Waals surface area (Å²) >= 11 is 0. The van der Waals surface area contributed by atoms with E-state index in [1.807, 2.05) is 0 Å². The largest absolute Gasteiger partial charge is 0.298 e. The van der Waals surface area contributed by atoms with Crippen molar-refractivity contribution in [2.75, 3.05) is 26.2 Å². The van der Waals surface area contributed by atoms with Crippen molar-refractivity contribution in [1.82, 2.24) is 25.0 Å². The molecule has 1 N–H and O–H groups in total. The van der Waals surface area contributed by atoms with Crippen LogP contribution in [0.2, 0.25) is 0 Å². The maximum Gasteiger partial charge on any atom is 0.150 e. The number of hydrogen-bond donors (Lipinski definition) is 1. The average Bonchev–Trinajstić information content (AvgIpc) is 3.17. The molecule has 0 bridgehead atoms. The lowest BCUT2D eigenvalue weighted by atomic mass is 10.1. The van der Waals surface area contributed by atoms with Gasteiger partial charge in [-0.15, -0.1) is 0 Å². The highest BCUT2D eigenvalue weighted by Gasteiger charge is 2.28. The fourth-order valence-electron chi connectivity index (χ4n) is 4.08. The Morgan fingerprint density at radius 2 is 1.88 bits per heavy atom. The van der Waals surface area contributed by atoms with E-state index in [4.69, 9.17) is 0 Å². The molecule has 1 aromatic heterocycles. The topological polar surface area (TPSA) is 48.1 Å². The minimum absolute atomic E-state index is 0.694. The maximum atomic E-state index is 4.56. The van der Waals surface area contributed by atoms with Gasteiger partial charge in [-0.05, 0) is 43.5 Å². The number of aromatic amines is 1. The van der Waals surface area contributed by atoms with E-state index >= 15 is 0 Å². The summed E-state index contributed by atoms with van der Waals surface area (Å²) in [5.74, 6) is 1.93. The smallest absolute Gasteiger partial charge is 0.150 e. The Morgan fingerprint density at radius 1 is 1.08 bits per heavy atom. The second kappa shape index (κ2) is 7.03. The molecule has 0 saturated carbocycles. The predicted octanol–water partition coefficient (Wildman–Crippen LogP) is 2.04. The summed E-state index contributed by atoms with van der Waals surface area (Å²) in [6.07, 6.45) is 4.57. The Hall–Kier alpha value is -1.72. The summed E-state index contributed by atoms with van der Waals surface area (Å²) in [6, 6.07) is 9.64. The van der Waals surface area contributed by atoms with Crippen LogP contribution in [0.1, 0.15) is 36.1 Å². The van der Waals surface area contributed by atoms with Gasteiger partial charge in [0.2, 0.25) is 0 Å². The van der Waals surface area contributed by atoms with E-state index in [0.29, 0.717) is 6.04 Å². The molecular weight excluding hydrogens is 298 g/mol. The Kier molecular flexibility index (Phi) is 4.63. The lowest BCUT2D eigenvalue weighted by Gasteiger charge is -2.27. The minimum atomic E-state index is 0.694. The van der Waals surface area contributed by atoms with Crippen LogP contribution >= 0.6 is 0 Å². The highest BCUT2D eigenvalue weighted by molar-refractivity contribution is 5.33. The van der Waals surface area contributed by atoms with Crippen LogP contribution in [0.3, 0.4) is 0 Å². The molecule has 4 rings (SSSR count). The monoisotopic (exact) mass is 325 g/mol. The molecule has 5 nitrogen and oxygen atoms in total. The Labute approximate surface area is 144 Å². The molecule has 2 aromatic rings. The van der Waals surface area contributed by atoms with Crippen molar-refractivity contribution < 1.29 is 0 Å². The summed E-state index contributed by atoms with van der Waals surface area (Å²) in [6.45, 7) is 7.63. The number of rotatable bonds is 4. The minimum Gasteiger partial charge on any atom is -0.298 e. The second-order valence-electron chi connectivity index (χ2n) is 7.05. The Balaban J connectivity index is 1.33. The van der Waals surface area contributed by atoms with Crippen LogP contribution in [0.25, 0.3) is 0 Å². The standard InChI is InChI=1S/C19H27N5/c1-2-18-20-19(22-21-18)14-23-8-5-9-24(11-10-23)17-12-15-6-3-4-7-16(15)13-17/h3-4,6-7,17H,2,5,8-14H2,1H3,(H,20,21,22). The van der Waals surface area contributed by atoms with E-state index in [1.54, 1.807) is 11.1 Å². The number of aromatic nitrogens is 3. The maximum absolute atomic E-state index is 4.56. The lowest BCUT2D eigenvalue weighted by molar-refractivity contribution is 0.200. The third-order valence-corrected chi connectivity index (χ3v) is 5.44. The zero-order valence-electron chi connectivity index (χ0n) is 14.5. The number of aryl methyl sites for hydroxylation is 1. The fraction of sp³-hybridized carbons (Fsp3) is 0.579. The van der Waals surface area contributed by atoms with E-state index in [9.17, 15) is 0 Å². The Morgan fingerprint density at radius 3 is 2.58 bits per heavy atom. The predicted molar refractivity (Wildman–Crippen MR) is 94.9 cm³/mol. The van der Waals surface area contributed by atoms with Crippen LogP contribution in [0, 0.1) is 0 Å². The molecule has 0 atom stereocenters. The molecule has 0 spiro atoms. The van der Waals surface area contributed by atoms with Crippen LogP contribution in [-0.4, -0.2) is 57.2 Å². The summed E-state index contributed by atoms with van der Waals surface area (Å²) in [4.78, 5) is 9.78. The molecule has 0 radical (unpaired) electrons. The number of nitrogens with zero attached hydrogens (tertiary/aromatic N) is 4. The van der Waals surface area contributed by atoms with Crippen molar-refractivity contribution >= 4 is 0 Å². The van der Waals surface area contributed by atoms with Crippen molar-refractivity contribution in [1.29, 1.82) is 0 Å². The molecule has 2 aliphatic rings. The summed E-state index contributed by atoms with van der Waals surface area (Å²) in [5.41, 5.74) is 3.11. The molecule has 1 aliphatic carbocycles. The summed E-state index contributed by atoms with van der Waals surface area (Å²) in [5, 5.41) is 7.34. The molecule has 1 fully saturated rings. The molecule has 1 aromatic carbocycles. The highest BCUT2D eigenvalue weighted by Crippen LogP contribution is 2.26. The van der Waals surface area contributed by atoms with Gasteiger partial charge in [-0.2, -0.15) is 5.10 Å². The van der Waals surface area contributed by atoms with Gasteiger partial charge >= 0.3 is 0 Å². The van der Waals surface area contributed by atoms with Crippen molar-refractivity contribution in [2.24, 2.45) is 0 Å². The number of benzene rings is 1. The SMILES string of the molecule is CCc1n[nH]c(CN2CCCN(C3Cc4ccccc4C3)CC2)n1. The van der Waals surface area contributed by atoms with Crippen LogP contribution < -0.4 is 0 Å². The quantitative estimate of drug-likeness (QED) is 0.934. The summed E-state index contributed by atoms with van der Waals surface area (Å²) < 4.78 is 0. The van der Waals surface area contributed by atoms with Crippen molar-refractivity contribution in [3.05, 3.63) is 47.0 Å². The number of H-pyrrole nitrogens is 1. The van der Waals surface area contributed by atoms with Gasteiger partial charge in [0.25, 0.3) is 0 Å². The molecule has 24 heavy (non-hydrogen) atoms. The van der Waals surface area contributed by atoms with E-state index in [2.05, 4.69) is 56.2 Å². The third-order valence-electron chi connectivity index (χ3n) is 5.44. The number of fused-ring (bicyclic) bond motifs is 1. The Bertz CT molecular complexity index is 655. The molecule has 0 amide bonds. The van der Waals surface area contributed by atoms with E-state index in [1.165, 1.54) is 25.8 Å². The molecule has 1 aliphatic heterocycles. The second-order valence-corrected chi connectivity index (χ2v) is 7.05. The first kappa shape index (κ1) is 15.8. The van der Waals surface area contributed by atoms with Crippen LogP contribution in [0.15, 0.2) is 24.3 Å². The van der Waals surface area contributed by atoms with Gasteiger partial charge in [-0.25, -0.2) is 4.98 Å². The zero-order valence-corrected chi connectivity index (χ0v) is 14.5. The van der Waals surface area contributed by atoms with Crippen molar-refractivity contribution in [3.63, 3.8) is 0 Å². The van der Waals surface area contributed by atoms with Gasteiger partial charge < -0.3 is 0 Å². The number of nitrogens with one attached hydrogen (secondary N) is 1. The average molecular weight is 325 g/mol. The third kappa shape index (κ3) is 3.37. The molecule has 1 saturated heterocycles. The van der Waals surface area contributed by atoms with E-state index in [-0.39, 0.29) is 0 Å². The van der Waals surface area contributed by atoms with Gasteiger partial charge in [-0.3, -0.25) is 14.9 Å². The van der Waals surface area contributed by atoms with Crippen LogP contribution in [0.4, 0.5) is 0 Å². The molecule has 2 heterocycles.